The molecule has 0 spiro atoms. The molecule has 128 heavy (non-hydrogen) atoms. The minimum absolute atomic E-state index is 0.0294. The van der Waals surface area contributed by atoms with Gasteiger partial charge >= 0.3 is 0 Å². The van der Waals surface area contributed by atoms with Crippen molar-refractivity contribution in [3.8, 4) is 113 Å². The Morgan fingerprint density at radius 3 is 1.30 bits per heavy atom. The number of para-hydroxylation sites is 8. The van der Waals surface area contributed by atoms with Crippen molar-refractivity contribution in [2.45, 2.75) is 78.6 Å². The van der Waals surface area contributed by atoms with Gasteiger partial charge in [-0.15, -0.1) is 10.2 Å². The molecule has 0 amide bonds. The summed E-state index contributed by atoms with van der Waals surface area (Å²) in [5.41, 5.74) is 32.4. The molecule has 0 bridgehead atoms. The summed E-state index contributed by atoms with van der Waals surface area (Å²) in [6, 6.07) is 123. The smallest absolute Gasteiger partial charge is 0.168 e. The lowest BCUT2D eigenvalue weighted by Gasteiger charge is -2.41. The third-order valence-corrected chi connectivity index (χ3v) is 28.1. The van der Waals surface area contributed by atoms with Gasteiger partial charge in [-0.1, -0.05) is 293 Å². The third kappa shape index (κ3) is 11.6. The molecule has 614 valence electrons. The predicted molar refractivity (Wildman–Crippen MR) is 520 cm³/mol. The standard InChI is InChI=1S/C44H31N3O2.C37H30N2O.C35H25N3O/c1-25(2)44(3)33-20-22-38-40(31-14-8-10-16-36(31)49-38)39(33)30-19-17-28(24-34(30)44)43-46-41(26-11-5-4-6-12-26)45-42(47-43)27-18-21-37-32(23-27)29-13-7-9-15-35(29)48-37;1-36(2,3)37(4)27-20-21-32-34(26-14-8-11-17-31(26)40-32)33(27)25-19-18-23(22-28(25)37)35-38-29-15-9-10-16-30(29)39(35)24-12-6-5-7-13-24;1-35(2)29-19-23(34-37-36-33(22-11-5-3-6-12-22)38(34)24-13-7-4-8-14-24)17-18-25(29)27-21-32-28(20-30(27)35)26-15-9-10-16-31(26)39-32/h4-25H,1-3H3;5-22H,1-4H3;3-21H,1-2H3. The van der Waals surface area contributed by atoms with Crippen molar-refractivity contribution in [2.75, 3.05) is 0 Å². The molecule has 12 nitrogen and oxygen atoms in total. The van der Waals surface area contributed by atoms with Crippen LogP contribution in [-0.4, -0.2) is 39.3 Å². The normalized spacial score (nSPS) is 15.3. The lowest BCUT2D eigenvalue weighted by atomic mass is 9.62. The number of benzene rings is 16. The van der Waals surface area contributed by atoms with Crippen molar-refractivity contribution in [1.29, 1.82) is 0 Å². The molecule has 12 heteroatoms. The van der Waals surface area contributed by atoms with E-state index in [1.54, 1.807) is 0 Å². The second-order valence-electron chi connectivity index (χ2n) is 36.5. The molecular formula is C116H86N8O4. The quantitative estimate of drug-likeness (QED) is 0.137. The van der Waals surface area contributed by atoms with Crippen LogP contribution in [0, 0.1) is 11.3 Å². The van der Waals surface area contributed by atoms with Crippen LogP contribution >= 0.6 is 0 Å². The van der Waals surface area contributed by atoms with Gasteiger partial charge in [-0.2, -0.15) is 0 Å². The zero-order chi connectivity index (χ0) is 86.2. The molecule has 16 aromatic carbocycles. The van der Waals surface area contributed by atoms with E-state index in [0.29, 0.717) is 23.4 Å². The summed E-state index contributed by atoms with van der Waals surface area (Å²) in [7, 11) is 0. The predicted octanol–water partition coefficient (Wildman–Crippen LogP) is 30.3. The number of imidazole rings is 1. The van der Waals surface area contributed by atoms with Gasteiger partial charge in [-0.05, 0) is 199 Å². The third-order valence-electron chi connectivity index (χ3n) is 28.1. The van der Waals surface area contributed by atoms with E-state index in [0.717, 1.165) is 139 Å². The summed E-state index contributed by atoms with van der Waals surface area (Å²) in [6.45, 7) is 21.1. The molecule has 0 fully saturated rings. The Bertz CT molecular complexity index is 8470. The maximum Gasteiger partial charge on any atom is 0.168 e. The first-order valence-corrected chi connectivity index (χ1v) is 44.1. The van der Waals surface area contributed by atoms with Crippen LogP contribution in [0.4, 0.5) is 0 Å². The van der Waals surface area contributed by atoms with Crippen LogP contribution in [0.1, 0.15) is 95.7 Å². The Balaban J connectivity index is 0.000000108. The number of fused-ring (bicyclic) bond motifs is 24. The molecule has 3 aliphatic rings. The van der Waals surface area contributed by atoms with Gasteiger partial charge in [-0.25, -0.2) is 19.9 Å². The lowest BCUT2D eigenvalue weighted by Crippen LogP contribution is -2.36. The van der Waals surface area contributed by atoms with Gasteiger partial charge < -0.3 is 17.7 Å². The van der Waals surface area contributed by atoms with E-state index in [4.69, 9.17) is 42.7 Å². The molecule has 0 radical (unpaired) electrons. The molecule has 0 aliphatic heterocycles. The van der Waals surface area contributed by atoms with Crippen LogP contribution < -0.4 is 0 Å². The van der Waals surface area contributed by atoms with Gasteiger partial charge in [0, 0.05) is 104 Å². The summed E-state index contributed by atoms with van der Waals surface area (Å²) in [5.74, 6) is 4.86. The minimum Gasteiger partial charge on any atom is -0.456 e. The van der Waals surface area contributed by atoms with Gasteiger partial charge in [-0.3, -0.25) is 9.13 Å². The Kier molecular flexibility index (Phi) is 17.0. The van der Waals surface area contributed by atoms with E-state index >= 15 is 0 Å². The average Bonchev–Trinajstić information content (AvgIpc) is 1.52. The molecule has 7 heterocycles. The van der Waals surface area contributed by atoms with Crippen LogP contribution in [0.5, 0.6) is 0 Å². The van der Waals surface area contributed by atoms with Gasteiger partial charge in [0.05, 0.1) is 11.0 Å². The first kappa shape index (κ1) is 76.0. The molecule has 2 unspecified atom stereocenters. The second-order valence-corrected chi connectivity index (χ2v) is 36.5. The van der Waals surface area contributed by atoms with Crippen LogP contribution in [0.15, 0.2) is 370 Å². The first-order valence-electron chi connectivity index (χ1n) is 44.1. The van der Waals surface area contributed by atoms with Crippen LogP contribution in [-0.2, 0) is 16.2 Å². The fourth-order valence-corrected chi connectivity index (χ4v) is 20.8. The Morgan fingerprint density at radius 2 is 0.695 bits per heavy atom. The van der Waals surface area contributed by atoms with Gasteiger partial charge in [0.1, 0.15) is 50.5 Å². The van der Waals surface area contributed by atoms with Crippen molar-refractivity contribution in [3.63, 3.8) is 0 Å². The van der Waals surface area contributed by atoms with E-state index < -0.39 is 0 Å². The van der Waals surface area contributed by atoms with Gasteiger partial charge in [0.15, 0.2) is 29.1 Å². The highest BCUT2D eigenvalue weighted by Gasteiger charge is 2.49. The van der Waals surface area contributed by atoms with Crippen molar-refractivity contribution in [3.05, 3.63) is 385 Å². The number of nitrogens with zero attached hydrogens (tertiary/aromatic N) is 8. The number of hydrogen-bond acceptors (Lipinski definition) is 10. The second kappa shape index (κ2) is 28.7. The number of aromatic nitrogens is 8. The van der Waals surface area contributed by atoms with Crippen molar-refractivity contribution >= 4 is 98.8 Å². The molecule has 3 aliphatic carbocycles. The fraction of sp³-hybridized carbons (Fsp3) is 0.121. The summed E-state index contributed by atoms with van der Waals surface area (Å²) < 4.78 is 29.5. The van der Waals surface area contributed by atoms with Crippen LogP contribution in [0.3, 0.4) is 0 Å². The highest BCUT2D eigenvalue weighted by molar-refractivity contribution is 6.17. The fourth-order valence-electron chi connectivity index (χ4n) is 20.8. The van der Waals surface area contributed by atoms with Gasteiger partial charge in [0.25, 0.3) is 0 Å². The summed E-state index contributed by atoms with van der Waals surface area (Å²) in [4.78, 5) is 20.4. The largest absolute Gasteiger partial charge is 0.456 e. The molecule has 7 aromatic heterocycles. The summed E-state index contributed by atoms with van der Waals surface area (Å²) in [6.07, 6.45) is 0. The van der Waals surface area contributed by atoms with Crippen LogP contribution in [0.2, 0.25) is 0 Å². The molecule has 0 N–H and O–H groups in total. The number of rotatable bonds is 9. The minimum atomic E-state index is -0.223. The Hall–Kier alpha value is -15.7. The highest BCUT2D eigenvalue weighted by atomic mass is 16.3. The highest BCUT2D eigenvalue weighted by Crippen LogP contribution is 2.62. The number of hydrogen-bond donors (Lipinski definition) is 0. The van der Waals surface area contributed by atoms with Crippen molar-refractivity contribution < 1.29 is 17.7 Å². The molecule has 23 aromatic rings. The van der Waals surface area contributed by atoms with Crippen molar-refractivity contribution in [1.82, 2.24) is 39.3 Å². The lowest BCUT2D eigenvalue weighted by molar-refractivity contribution is 0.255. The maximum absolute atomic E-state index is 6.34. The zero-order valence-electron chi connectivity index (χ0n) is 72.3. The zero-order valence-corrected chi connectivity index (χ0v) is 72.3. The van der Waals surface area contributed by atoms with E-state index in [1.165, 1.54) is 88.3 Å². The molecule has 0 saturated carbocycles. The first-order chi connectivity index (χ1) is 62.4. The van der Waals surface area contributed by atoms with Crippen LogP contribution in [0.25, 0.3) is 212 Å². The number of furan rings is 4. The molecule has 2 atom stereocenters. The Labute approximate surface area is 739 Å². The molecule has 0 saturated heterocycles. The maximum atomic E-state index is 6.34. The Morgan fingerprint density at radius 1 is 0.281 bits per heavy atom. The van der Waals surface area contributed by atoms with Crippen molar-refractivity contribution in [2.24, 2.45) is 11.3 Å². The van der Waals surface area contributed by atoms with Gasteiger partial charge in [0.2, 0.25) is 0 Å². The summed E-state index contributed by atoms with van der Waals surface area (Å²) in [5, 5.41) is 18.6. The van der Waals surface area contributed by atoms with E-state index in [9.17, 15) is 0 Å². The summed E-state index contributed by atoms with van der Waals surface area (Å²) >= 11 is 0. The molecule has 26 rings (SSSR count). The topological polar surface area (TPSA) is 140 Å². The average molecular weight is 1660 g/mol. The monoisotopic (exact) mass is 1650 g/mol. The van der Waals surface area contributed by atoms with E-state index in [1.807, 2.05) is 109 Å². The van der Waals surface area contributed by atoms with E-state index in [-0.39, 0.29) is 21.7 Å². The molecular weight excluding hydrogens is 1570 g/mol. The SMILES string of the molecule is CC(C)(C)C1(C)c2cc(-c3nc4ccccc4n3-c3ccccc3)ccc2-c2c1ccc1oc3ccccc3c21.CC(C)C1(C)c2cc(-c3nc(-c4ccccc4)nc(-c4ccc5oc6ccccc6c5c4)n3)ccc2-c2c1ccc1oc3ccccc3c21.CC1(C)c2cc(-c3nnc(-c4ccccc4)n3-c3ccccc3)ccc2-c2cc3oc4ccccc4c3cc21. The van der Waals surface area contributed by atoms with E-state index in [2.05, 4.69) is 319 Å².